The van der Waals surface area contributed by atoms with E-state index in [0.29, 0.717) is 45.9 Å². The Hall–Kier alpha value is -2.08. The smallest absolute Gasteiger partial charge is 0.320 e. The summed E-state index contributed by atoms with van der Waals surface area (Å²) in [7, 11) is 0. The average molecular weight is 343 g/mol. The molecule has 0 unspecified atom stereocenters. The van der Waals surface area contributed by atoms with Crippen molar-refractivity contribution in [1.29, 1.82) is 0 Å². The fourth-order valence-corrected chi connectivity index (χ4v) is 4.19. The van der Waals surface area contributed by atoms with Crippen LogP contribution >= 0.6 is 0 Å². The van der Waals surface area contributed by atoms with Crippen LogP contribution in [0.4, 0.5) is 4.79 Å². The molecular formula is C19H25N3O3. The van der Waals surface area contributed by atoms with E-state index in [9.17, 15) is 9.59 Å². The van der Waals surface area contributed by atoms with Gasteiger partial charge in [-0.05, 0) is 30.4 Å². The highest BCUT2D eigenvalue weighted by Gasteiger charge is 2.44. The van der Waals surface area contributed by atoms with E-state index in [-0.39, 0.29) is 17.4 Å². The Morgan fingerprint density at radius 3 is 2.36 bits per heavy atom. The predicted octanol–water partition coefficient (Wildman–Crippen LogP) is 1.39. The summed E-state index contributed by atoms with van der Waals surface area (Å²) in [6.45, 7) is 4.44. The van der Waals surface area contributed by atoms with Gasteiger partial charge >= 0.3 is 6.03 Å². The SMILES string of the molecule is O=C(N1CCOCC1)N1CCC2(CC1)Cc1ccccc1CNC2=O. The molecule has 6 nitrogen and oxygen atoms in total. The van der Waals surface area contributed by atoms with Crippen LogP contribution in [0.5, 0.6) is 0 Å². The van der Waals surface area contributed by atoms with E-state index < -0.39 is 0 Å². The summed E-state index contributed by atoms with van der Waals surface area (Å²) < 4.78 is 5.32. The molecule has 2 fully saturated rings. The van der Waals surface area contributed by atoms with Crippen molar-refractivity contribution in [3.63, 3.8) is 0 Å². The van der Waals surface area contributed by atoms with E-state index >= 15 is 0 Å². The molecule has 0 aliphatic carbocycles. The number of rotatable bonds is 0. The second kappa shape index (κ2) is 6.67. The third-order valence-electron chi connectivity index (χ3n) is 5.84. The van der Waals surface area contributed by atoms with Crippen LogP contribution in [-0.2, 0) is 22.5 Å². The fraction of sp³-hybridized carbons (Fsp3) is 0.579. The Labute approximate surface area is 148 Å². The molecule has 25 heavy (non-hydrogen) atoms. The van der Waals surface area contributed by atoms with Crippen LogP contribution in [0.3, 0.4) is 0 Å². The van der Waals surface area contributed by atoms with Gasteiger partial charge in [-0.1, -0.05) is 24.3 Å². The maximum Gasteiger partial charge on any atom is 0.320 e. The molecule has 0 aromatic heterocycles. The van der Waals surface area contributed by atoms with Crippen molar-refractivity contribution in [2.45, 2.75) is 25.8 Å². The summed E-state index contributed by atoms with van der Waals surface area (Å²) in [6.07, 6.45) is 2.22. The van der Waals surface area contributed by atoms with E-state index in [4.69, 9.17) is 4.74 Å². The van der Waals surface area contributed by atoms with Crippen molar-refractivity contribution in [3.8, 4) is 0 Å². The second-order valence-corrected chi connectivity index (χ2v) is 7.28. The Bertz CT molecular complexity index is 662. The molecule has 6 heteroatoms. The topological polar surface area (TPSA) is 61.9 Å². The van der Waals surface area contributed by atoms with E-state index in [0.717, 1.165) is 19.3 Å². The quantitative estimate of drug-likeness (QED) is 0.774. The van der Waals surface area contributed by atoms with E-state index in [1.165, 1.54) is 11.1 Å². The summed E-state index contributed by atoms with van der Waals surface area (Å²) in [5.41, 5.74) is 2.09. The number of morpholine rings is 1. The van der Waals surface area contributed by atoms with E-state index in [1.54, 1.807) is 0 Å². The lowest BCUT2D eigenvalue weighted by Crippen LogP contribution is -2.54. The van der Waals surface area contributed by atoms with Gasteiger partial charge in [-0.3, -0.25) is 4.79 Å². The molecule has 2 saturated heterocycles. The molecule has 134 valence electrons. The number of benzene rings is 1. The summed E-state index contributed by atoms with van der Waals surface area (Å²) >= 11 is 0. The number of piperidine rings is 1. The lowest BCUT2D eigenvalue weighted by Gasteiger charge is -2.42. The number of hydrogen-bond donors (Lipinski definition) is 1. The molecule has 1 aromatic carbocycles. The largest absolute Gasteiger partial charge is 0.378 e. The van der Waals surface area contributed by atoms with Gasteiger partial charge in [0.15, 0.2) is 0 Å². The first kappa shape index (κ1) is 16.4. The van der Waals surface area contributed by atoms with Crippen LogP contribution in [0.2, 0.25) is 0 Å². The number of carbonyl (C=O) groups excluding carboxylic acids is 2. The van der Waals surface area contributed by atoms with Gasteiger partial charge in [-0.15, -0.1) is 0 Å². The summed E-state index contributed by atoms with van der Waals surface area (Å²) in [4.78, 5) is 29.2. The molecule has 0 bridgehead atoms. The van der Waals surface area contributed by atoms with Gasteiger partial charge in [0.1, 0.15) is 0 Å². The minimum absolute atomic E-state index is 0.0904. The highest BCUT2D eigenvalue weighted by Crippen LogP contribution is 2.38. The number of ether oxygens (including phenoxy) is 1. The molecule has 0 radical (unpaired) electrons. The zero-order valence-corrected chi connectivity index (χ0v) is 14.5. The number of likely N-dealkylation sites (tertiary alicyclic amines) is 1. The van der Waals surface area contributed by atoms with Gasteiger partial charge in [0.25, 0.3) is 0 Å². The number of urea groups is 1. The molecule has 3 aliphatic rings. The number of nitrogens with zero attached hydrogens (tertiary/aromatic N) is 2. The minimum Gasteiger partial charge on any atom is -0.378 e. The zero-order chi connectivity index (χ0) is 17.3. The molecule has 3 aliphatic heterocycles. The standard InChI is InChI=1S/C19H25N3O3/c23-17-19(13-15-3-1-2-4-16(15)14-20-17)5-7-21(8-6-19)18(24)22-9-11-25-12-10-22/h1-4H,5-14H2,(H,20,23). The summed E-state index contributed by atoms with van der Waals surface area (Å²) in [5, 5.41) is 3.10. The number of hydrogen-bond acceptors (Lipinski definition) is 3. The maximum atomic E-state index is 12.8. The number of carbonyl (C=O) groups is 2. The Morgan fingerprint density at radius 2 is 1.64 bits per heavy atom. The third kappa shape index (κ3) is 3.11. The van der Waals surface area contributed by atoms with Crippen molar-refractivity contribution in [2.24, 2.45) is 5.41 Å². The van der Waals surface area contributed by atoms with Crippen LogP contribution in [0.25, 0.3) is 0 Å². The van der Waals surface area contributed by atoms with E-state index in [1.807, 2.05) is 21.9 Å². The molecule has 1 N–H and O–H groups in total. The maximum absolute atomic E-state index is 12.8. The third-order valence-corrected chi connectivity index (χ3v) is 5.84. The molecule has 0 atom stereocenters. The van der Waals surface area contributed by atoms with Gasteiger partial charge < -0.3 is 19.9 Å². The van der Waals surface area contributed by atoms with Gasteiger partial charge in [0.05, 0.1) is 18.6 Å². The lowest BCUT2D eigenvalue weighted by molar-refractivity contribution is -0.133. The molecule has 0 saturated carbocycles. The highest BCUT2D eigenvalue weighted by atomic mass is 16.5. The van der Waals surface area contributed by atoms with Crippen molar-refractivity contribution < 1.29 is 14.3 Å². The molecule has 4 rings (SSSR count). The Morgan fingerprint density at radius 1 is 1.00 bits per heavy atom. The molecule has 3 heterocycles. The van der Waals surface area contributed by atoms with Gasteiger partial charge in [-0.25, -0.2) is 4.79 Å². The normalized spacial score (nSPS) is 23.0. The van der Waals surface area contributed by atoms with Crippen LogP contribution in [-0.4, -0.2) is 61.1 Å². The summed E-state index contributed by atoms with van der Waals surface area (Å²) in [6, 6.07) is 8.37. The predicted molar refractivity (Wildman–Crippen MR) is 93.0 cm³/mol. The minimum atomic E-state index is -0.381. The number of fused-ring (bicyclic) bond motifs is 1. The van der Waals surface area contributed by atoms with Crippen LogP contribution in [0, 0.1) is 5.41 Å². The average Bonchev–Trinajstić information content (AvgIpc) is 2.80. The fourth-order valence-electron chi connectivity index (χ4n) is 4.19. The summed E-state index contributed by atoms with van der Waals surface area (Å²) in [5.74, 6) is 0.141. The van der Waals surface area contributed by atoms with Crippen LogP contribution < -0.4 is 5.32 Å². The van der Waals surface area contributed by atoms with E-state index in [2.05, 4.69) is 17.4 Å². The van der Waals surface area contributed by atoms with Crippen molar-refractivity contribution in [2.75, 3.05) is 39.4 Å². The van der Waals surface area contributed by atoms with Gasteiger partial charge in [-0.2, -0.15) is 0 Å². The van der Waals surface area contributed by atoms with Crippen LogP contribution in [0.1, 0.15) is 24.0 Å². The number of nitrogens with one attached hydrogen (secondary N) is 1. The van der Waals surface area contributed by atoms with Crippen LogP contribution in [0.15, 0.2) is 24.3 Å². The molecule has 1 aromatic rings. The first-order valence-electron chi connectivity index (χ1n) is 9.15. The first-order chi connectivity index (χ1) is 12.2. The molecule has 1 spiro atoms. The van der Waals surface area contributed by atoms with Gasteiger partial charge in [0, 0.05) is 32.7 Å². The van der Waals surface area contributed by atoms with Gasteiger partial charge in [0.2, 0.25) is 5.91 Å². The second-order valence-electron chi connectivity index (χ2n) is 7.28. The Kier molecular flexibility index (Phi) is 4.37. The Balaban J connectivity index is 1.46. The lowest BCUT2D eigenvalue weighted by atomic mass is 9.73. The monoisotopic (exact) mass is 343 g/mol. The highest BCUT2D eigenvalue weighted by molar-refractivity contribution is 5.84. The number of amides is 3. The first-order valence-corrected chi connectivity index (χ1v) is 9.15. The van der Waals surface area contributed by atoms with Crippen molar-refractivity contribution in [3.05, 3.63) is 35.4 Å². The molecular weight excluding hydrogens is 318 g/mol. The van der Waals surface area contributed by atoms with Crippen molar-refractivity contribution in [1.82, 2.24) is 15.1 Å². The zero-order valence-electron chi connectivity index (χ0n) is 14.5. The van der Waals surface area contributed by atoms with Crippen molar-refractivity contribution >= 4 is 11.9 Å². The molecule has 3 amide bonds.